The van der Waals surface area contributed by atoms with E-state index in [2.05, 4.69) is 14.9 Å². The monoisotopic (exact) mass is 532 g/mol. The molecule has 0 radical (unpaired) electrons. The molecular formula is C29H28FN5O4. The number of ether oxygens (including phenoxy) is 2. The van der Waals surface area contributed by atoms with Crippen LogP contribution in [0, 0.1) is 17.1 Å². The summed E-state index contributed by atoms with van der Waals surface area (Å²) in [5.74, 6) is -0.530. The van der Waals surface area contributed by atoms with E-state index in [1.54, 1.807) is 23.7 Å². The maximum Gasteiger partial charge on any atom is 0.335 e. The largest absolute Gasteiger partial charge is 0.494 e. The number of aromatic nitrogens is 3. The van der Waals surface area contributed by atoms with Crippen molar-refractivity contribution in [2.45, 2.75) is 31.9 Å². The normalized spacial score (nSPS) is 15.8. The number of rotatable bonds is 8. The van der Waals surface area contributed by atoms with Crippen LogP contribution in [0.15, 0.2) is 48.5 Å². The van der Waals surface area contributed by atoms with E-state index in [4.69, 9.17) is 18.8 Å². The second-order valence-electron chi connectivity index (χ2n) is 9.49. The predicted molar refractivity (Wildman–Crippen MR) is 141 cm³/mol. The molecular weight excluding hydrogens is 501 g/mol. The molecule has 1 aliphatic rings. The van der Waals surface area contributed by atoms with Gasteiger partial charge in [-0.25, -0.2) is 19.2 Å². The second kappa shape index (κ2) is 11.1. The Morgan fingerprint density at radius 2 is 2.05 bits per heavy atom. The molecule has 1 N–H and O–H groups in total. The van der Waals surface area contributed by atoms with Crippen LogP contribution in [-0.2, 0) is 20.2 Å². The van der Waals surface area contributed by atoms with E-state index in [1.165, 1.54) is 24.3 Å². The first-order valence-electron chi connectivity index (χ1n) is 13.9. The fourth-order valence-corrected chi connectivity index (χ4v) is 4.86. The van der Waals surface area contributed by atoms with Crippen LogP contribution in [-0.4, -0.2) is 50.6 Å². The van der Waals surface area contributed by atoms with Crippen molar-refractivity contribution < 1.29 is 27.9 Å². The number of fused-ring (bicyclic) bond motifs is 1. The van der Waals surface area contributed by atoms with Crippen LogP contribution in [0.1, 0.15) is 55.9 Å². The van der Waals surface area contributed by atoms with Crippen LogP contribution in [0.3, 0.4) is 0 Å². The number of aryl methyl sites for hydroxylation is 1. The highest BCUT2D eigenvalue weighted by Gasteiger charge is 2.24. The van der Waals surface area contributed by atoms with Gasteiger partial charge in [-0.3, -0.25) is 4.90 Å². The lowest BCUT2D eigenvalue weighted by molar-refractivity contribution is 0.0696. The summed E-state index contributed by atoms with van der Waals surface area (Å²) in [5, 5.41) is 18.4. The maximum atomic E-state index is 14.2. The first-order chi connectivity index (χ1) is 20.0. The van der Waals surface area contributed by atoms with Crippen molar-refractivity contribution in [2.24, 2.45) is 7.05 Å². The zero-order chi connectivity index (χ0) is 30.0. The molecule has 4 aromatic rings. The Bertz CT molecular complexity index is 1680. The summed E-state index contributed by atoms with van der Waals surface area (Å²) < 4.78 is 49.2. The number of nitrogens with zero attached hydrogens (tertiary/aromatic N) is 5. The highest BCUT2D eigenvalue weighted by Crippen LogP contribution is 2.31. The number of piperidine rings is 1. The van der Waals surface area contributed by atoms with Crippen LogP contribution < -0.4 is 9.47 Å². The Morgan fingerprint density at radius 1 is 1.23 bits per heavy atom. The van der Waals surface area contributed by atoms with Gasteiger partial charge in [0, 0.05) is 30.3 Å². The molecule has 5 rings (SSSR count). The summed E-state index contributed by atoms with van der Waals surface area (Å²) in [6, 6.07) is 14.4. The zero-order valence-electron chi connectivity index (χ0n) is 24.2. The number of carboxylic acids is 1. The average molecular weight is 533 g/mol. The quantitative estimate of drug-likeness (QED) is 0.349. The summed E-state index contributed by atoms with van der Waals surface area (Å²) in [5.41, 5.74) is 2.17. The molecule has 39 heavy (non-hydrogen) atoms. The van der Waals surface area contributed by atoms with Gasteiger partial charge in [0.2, 0.25) is 5.88 Å². The number of carbonyl (C=O) groups is 1. The van der Waals surface area contributed by atoms with Gasteiger partial charge < -0.3 is 19.1 Å². The second-order valence-corrected chi connectivity index (χ2v) is 9.49. The van der Waals surface area contributed by atoms with Gasteiger partial charge in [0.15, 0.2) is 0 Å². The molecule has 0 amide bonds. The number of hydrogen-bond acceptors (Lipinski definition) is 7. The molecule has 3 heterocycles. The van der Waals surface area contributed by atoms with Crippen molar-refractivity contribution in [3.8, 4) is 17.7 Å². The van der Waals surface area contributed by atoms with Gasteiger partial charge in [-0.05, 0) is 56.3 Å². The van der Waals surface area contributed by atoms with Crippen molar-refractivity contribution in [3.63, 3.8) is 0 Å². The van der Waals surface area contributed by atoms with Gasteiger partial charge in [0.05, 0.1) is 40.4 Å². The number of benzene rings is 2. The summed E-state index contributed by atoms with van der Waals surface area (Å²) in [7, 11) is -0.985. The standard InChI is InChI=1S/C29H28FN5O4/c1-34-24-13-21(29(36)37)14-25(38-2)28(24)33-26(34)16-35-10-8-19(9-11-35)23-4-3-5-27(32-23)39-17-20-7-6-18(15-31)12-22(20)30/h3-7,12-14,19H,8-11,16-17H2,1-2H3,(H,36,37)/i2D3. The van der Waals surface area contributed by atoms with Crippen molar-refractivity contribution in [1.29, 1.82) is 5.26 Å². The van der Waals surface area contributed by atoms with E-state index in [1.807, 2.05) is 18.2 Å². The molecule has 200 valence electrons. The Balaban J connectivity index is 1.24. The van der Waals surface area contributed by atoms with E-state index in [0.717, 1.165) is 31.6 Å². The molecule has 0 aliphatic carbocycles. The molecule has 9 nitrogen and oxygen atoms in total. The Morgan fingerprint density at radius 3 is 2.77 bits per heavy atom. The molecule has 0 atom stereocenters. The number of imidazole rings is 1. The predicted octanol–water partition coefficient (Wildman–Crippen LogP) is 4.64. The van der Waals surface area contributed by atoms with E-state index in [9.17, 15) is 14.3 Å². The van der Waals surface area contributed by atoms with Crippen molar-refractivity contribution in [3.05, 3.63) is 82.6 Å². The summed E-state index contributed by atoms with van der Waals surface area (Å²) >= 11 is 0. The first kappa shape index (κ1) is 22.5. The zero-order valence-corrected chi connectivity index (χ0v) is 21.2. The molecule has 2 aromatic heterocycles. The molecule has 1 aliphatic heterocycles. The number of aromatic carboxylic acids is 1. The Kier molecular flexibility index (Phi) is 6.40. The minimum Gasteiger partial charge on any atom is -0.494 e. The van der Waals surface area contributed by atoms with E-state index >= 15 is 0 Å². The number of hydrogen-bond donors (Lipinski definition) is 1. The van der Waals surface area contributed by atoms with E-state index < -0.39 is 18.8 Å². The third-order valence-corrected chi connectivity index (χ3v) is 7.07. The SMILES string of the molecule is [2H]C([2H])([2H])Oc1cc(C(=O)O)cc2c1nc(CN1CCC(c3cccc(OCc4ccc(C#N)cc4F)n3)CC1)n2C. The first-order valence-corrected chi connectivity index (χ1v) is 12.4. The Hall–Kier alpha value is -4.49. The summed E-state index contributed by atoms with van der Waals surface area (Å²) in [6.45, 7) is 2.00. The lowest BCUT2D eigenvalue weighted by atomic mass is 9.93. The molecule has 1 saturated heterocycles. The molecule has 0 unspecified atom stereocenters. The van der Waals surface area contributed by atoms with Crippen molar-refractivity contribution in [1.82, 2.24) is 19.4 Å². The van der Waals surface area contributed by atoms with Crippen LogP contribution in [0.25, 0.3) is 11.0 Å². The van der Waals surface area contributed by atoms with Gasteiger partial charge in [-0.1, -0.05) is 12.1 Å². The van der Waals surface area contributed by atoms with Gasteiger partial charge >= 0.3 is 5.97 Å². The highest BCUT2D eigenvalue weighted by molar-refractivity contribution is 5.95. The van der Waals surface area contributed by atoms with E-state index in [0.29, 0.717) is 34.8 Å². The molecule has 0 saturated carbocycles. The fraction of sp³-hybridized carbons (Fsp3) is 0.310. The number of halogens is 1. The minimum atomic E-state index is -2.75. The van der Waals surface area contributed by atoms with Crippen LogP contribution >= 0.6 is 0 Å². The highest BCUT2D eigenvalue weighted by atomic mass is 19.1. The van der Waals surface area contributed by atoms with Crippen LogP contribution in [0.5, 0.6) is 11.6 Å². The summed E-state index contributed by atoms with van der Waals surface area (Å²) in [6.07, 6.45) is 1.67. The molecule has 10 heteroatoms. The molecule has 0 spiro atoms. The van der Waals surface area contributed by atoms with Crippen LogP contribution in [0.4, 0.5) is 4.39 Å². The van der Waals surface area contributed by atoms with Gasteiger partial charge in [-0.15, -0.1) is 0 Å². The molecule has 1 fully saturated rings. The third-order valence-electron chi connectivity index (χ3n) is 7.07. The number of nitriles is 1. The number of likely N-dealkylation sites (tertiary alicyclic amines) is 1. The molecule has 0 bridgehead atoms. The maximum absolute atomic E-state index is 14.2. The van der Waals surface area contributed by atoms with Crippen molar-refractivity contribution >= 4 is 17.0 Å². The van der Waals surface area contributed by atoms with Gasteiger partial charge in [-0.2, -0.15) is 5.26 Å². The fourth-order valence-electron chi connectivity index (χ4n) is 4.86. The van der Waals surface area contributed by atoms with E-state index in [-0.39, 0.29) is 29.4 Å². The lowest BCUT2D eigenvalue weighted by Gasteiger charge is -2.31. The Labute approximate surface area is 229 Å². The topological polar surface area (TPSA) is 114 Å². The third kappa shape index (κ3) is 5.54. The lowest BCUT2D eigenvalue weighted by Crippen LogP contribution is -2.33. The van der Waals surface area contributed by atoms with Gasteiger partial charge in [0.1, 0.15) is 29.5 Å². The number of methoxy groups -OCH3 is 1. The number of pyridine rings is 1. The minimum absolute atomic E-state index is 0.00245. The summed E-state index contributed by atoms with van der Waals surface area (Å²) in [4.78, 5) is 23.1. The average Bonchev–Trinajstić information content (AvgIpc) is 3.27. The van der Waals surface area contributed by atoms with Crippen LogP contribution in [0.2, 0.25) is 0 Å². The van der Waals surface area contributed by atoms with Crippen molar-refractivity contribution in [2.75, 3.05) is 20.1 Å². The molecule has 2 aromatic carbocycles. The number of carboxylic acid groups (broad SMARTS) is 1. The smallest absolute Gasteiger partial charge is 0.335 e. The van der Waals surface area contributed by atoms with Gasteiger partial charge in [0.25, 0.3) is 0 Å².